The largest absolute Gasteiger partial charge is 0.488 e. The molecule has 3 rings (SSSR count). The fraction of sp³-hybridized carbons (Fsp3) is 0.250. The van der Waals surface area contributed by atoms with Crippen LogP contribution in [0.5, 0.6) is 5.75 Å². The highest BCUT2D eigenvalue weighted by Gasteiger charge is 2.19. The highest BCUT2D eigenvalue weighted by molar-refractivity contribution is 7.55. The zero-order valence-electron chi connectivity index (χ0n) is 16.3. The van der Waals surface area contributed by atoms with Gasteiger partial charge in [-0.05, 0) is 41.2 Å². The summed E-state index contributed by atoms with van der Waals surface area (Å²) in [5, 5.41) is 1.77. The lowest BCUT2D eigenvalue weighted by molar-refractivity contribution is 0.306. The van der Waals surface area contributed by atoms with Crippen molar-refractivity contribution >= 4 is 19.2 Å². The Morgan fingerprint density at radius 1 is 0.889 bits per heavy atom. The van der Waals surface area contributed by atoms with Gasteiger partial charge in [0, 0.05) is 10.6 Å². The SMILES string of the molecule is Cc1cc(C(C)(C)C)cc(Pc2ccccc2F)c1OCc1ccccc1. The van der Waals surface area contributed by atoms with Gasteiger partial charge in [-0.1, -0.05) is 83.9 Å². The molecule has 0 amide bonds. The molecule has 1 unspecified atom stereocenters. The van der Waals surface area contributed by atoms with Gasteiger partial charge in [-0.15, -0.1) is 0 Å². The van der Waals surface area contributed by atoms with E-state index in [4.69, 9.17) is 4.74 Å². The summed E-state index contributed by atoms with van der Waals surface area (Å²) < 4.78 is 20.5. The van der Waals surface area contributed by atoms with Gasteiger partial charge < -0.3 is 4.74 Å². The van der Waals surface area contributed by atoms with Crippen LogP contribution in [0.2, 0.25) is 0 Å². The third kappa shape index (κ3) is 4.96. The van der Waals surface area contributed by atoms with Gasteiger partial charge in [-0.3, -0.25) is 0 Å². The van der Waals surface area contributed by atoms with Crippen molar-refractivity contribution in [3.8, 4) is 5.75 Å². The molecule has 0 saturated heterocycles. The molecule has 0 fully saturated rings. The molecule has 3 heteroatoms. The second-order valence-corrected chi connectivity index (χ2v) is 9.13. The monoisotopic (exact) mass is 380 g/mol. The molecule has 3 aromatic carbocycles. The second kappa shape index (κ2) is 8.23. The van der Waals surface area contributed by atoms with Crippen LogP contribution in [0.1, 0.15) is 37.5 Å². The van der Waals surface area contributed by atoms with E-state index in [0.717, 1.165) is 22.2 Å². The first-order valence-electron chi connectivity index (χ1n) is 9.18. The Bertz CT molecular complexity index is 913. The standard InChI is InChI=1S/C24H26FOP/c1-17-14-19(24(2,3)4)15-22(27-21-13-9-8-12-20(21)25)23(17)26-16-18-10-6-5-7-11-18/h5-15,27H,16H2,1-4H3. The minimum Gasteiger partial charge on any atom is -0.488 e. The first-order valence-corrected chi connectivity index (χ1v) is 10.2. The van der Waals surface area contributed by atoms with E-state index in [1.807, 2.05) is 30.3 Å². The average molecular weight is 380 g/mol. The summed E-state index contributed by atoms with van der Waals surface area (Å²) in [5.41, 5.74) is 3.48. The summed E-state index contributed by atoms with van der Waals surface area (Å²) in [5.74, 6) is 0.706. The normalized spacial score (nSPS) is 11.9. The van der Waals surface area contributed by atoms with Crippen LogP contribution in [0.15, 0.2) is 66.7 Å². The van der Waals surface area contributed by atoms with Crippen LogP contribution in [-0.4, -0.2) is 0 Å². The predicted octanol–water partition coefficient (Wildman–Crippen LogP) is 5.64. The molecule has 1 atom stereocenters. The smallest absolute Gasteiger partial charge is 0.130 e. The van der Waals surface area contributed by atoms with Crippen molar-refractivity contribution in [2.75, 3.05) is 0 Å². The predicted molar refractivity (Wildman–Crippen MR) is 115 cm³/mol. The van der Waals surface area contributed by atoms with Crippen molar-refractivity contribution in [3.05, 3.63) is 89.2 Å². The van der Waals surface area contributed by atoms with Crippen LogP contribution in [0.25, 0.3) is 0 Å². The quantitative estimate of drug-likeness (QED) is 0.521. The molecule has 0 aliphatic rings. The van der Waals surface area contributed by atoms with Crippen molar-refractivity contribution in [1.29, 1.82) is 0 Å². The Morgan fingerprint density at radius 3 is 2.22 bits per heavy atom. The summed E-state index contributed by atoms with van der Waals surface area (Å²) in [4.78, 5) is 0. The number of hydrogen-bond acceptors (Lipinski definition) is 1. The maximum Gasteiger partial charge on any atom is 0.130 e. The van der Waals surface area contributed by atoms with E-state index >= 15 is 0 Å². The molecule has 0 spiro atoms. The van der Waals surface area contributed by atoms with E-state index in [0.29, 0.717) is 11.9 Å². The van der Waals surface area contributed by atoms with Crippen LogP contribution < -0.4 is 15.3 Å². The molecule has 0 radical (unpaired) electrons. The lowest BCUT2D eigenvalue weighted by Gasteiger charge is -2.23. The zero-order chi connectivity index (χ0) is 19.4. The van der Waals surface area contributed by atoms with Gasteiger partial charge in [0.05, 0.1) is 0 Å². The third-order valence-electron chi connectivity index (χ3n) is 4.51. The van der Waals surface area contributed by atoms with Crippen LogP contribution in [0, 0.1) is 12.7 Å². The molecule has 27 heavy (non-hydrogen) atoms. The lowest BCUT2D eigenvalue weighted by Crippen LogP contribution is -2.18. The van der Waals surface area contributed by atoms with Crippen LogP contribution >= 0.6 is 8.58 Å². The van der Waals surface area contributed by atoms with E-state index in [1.165, 1.54) is 11.6 Å². The molecule has 0 aliphatic carbocycles. The number of rotatable bonds is 5. The number of aryl methyl sites for hydroxylation is 1. The summed E-state index contributed by atoms with van der Waals surface area (Å²) >= 11 is 0. The molecular formula is C24H26FOP. The van der Waals surface area contributed by atoms with E-state index in [1.54, 1.807) is 6.07 Å². The molecule has 140 valence electrons. The van der Waals surface area contributed by atoms with Crippen molar-refractivity contribution in [2.24, 2.45) is 0 Å². The Kier molecular flexibility index (Phi) is 5.97. The van der Waals surface area contributed by atoms with Crippen molar-refractivity contribution in [1.82, 2.24) is 0 Å². The minimum atomic E-state index is -0.163. The van der Waals surface area contributed by atoms with Gasteiger partial charge in [0.2, 0.25) is 0 Å². The van der Waals surface area contributed by atoms with Gasteiger partial charge in [0.15, 0.2) is 0 Å². The van der Waals surface area contributed by atoms with E-state index in [2.05, 4.69) is 52.0 Å². The Hall–Kier alpha value is -2.18. The number of ether oxygens (including phenoxy) is 1. The molecule has 0 aromatic heterocycles. The van der Waals surface area contributed by atoms with Crippen LogP contribution in [-0.2, 0) is 12.0 Å². The van der Waals surface area contributed by atoms with Gasteiger partial charge in [-0.2, -0.15) is 0 Å². The zero-order valence-corrected chi connectivity index (χ0v) is 17.3. The summed E-state index contributed by atoms with van der Waals surface area (Å²) in [7, 11) is 0.214. The van der Waals surface area contributed by atoms with Gasteiger partial charge in [-0.25, -0.2) is 4.39 Å². The van der Waals surface area contributed by atoms with Gasteiger partial charge in [0.1, 0.15) is 18.2 Å². The van der Waals surface area contributed by atoms with E-state index < -0.39 is 0 Å². The first kappa shape index (κ1) is 19.6. The van der Waals surface area contributed by atoms with E-state index in [9.17, 15) is 4.39 Å². The maximum atomic E-state index is 14.3. The number of benzene rings is 3. The maximum absolute atomic E-state index is 14.3. The highest BCUT2D eigenvalue weighted by atomic mass is 31.1. The summed E-state index contributed by atoms with van der Waals surface area (Å²) in [6.07, 6.45) is 0. The molecule has 1 nitrogen and oxygen atoms in total. The molecule has 0 saturated carbocycles. The average Bonchev–Trinajstić information content (AvgIpc) is 2.63. The molecule has 0 N–H and O–H groups in total. The number of halogens is 1. The summed E-state index contributed by atoms with van der Waals surface area (Å²) in [6.45, 7) is 9.17. The Balaban J connectivity index is 1.98. The highest BCUT2D eigenvalue weighted by Crippen LogP contribution is 2.31. The van der Waals surface area contributed by atoms with Crippen molar-refractivity contribution in [2.45, 2.75) is 39.7 Å². The lowest BCUT2D eigenvalue weighted by atomic mass is 9.86. The topological polar surface area (TPSA) is 9.23 Å². The third-order valence-corrected chi connectivity index (χ3v) is 5.83. The van der Waals surface area contributed by atoms with Crippen LogP contribution in [0.4, 0.5) is 4.39 Å². The van der Waals surface area contributed by atoms with E-state index in [-0.39, 0.29) is 19.8 Å². The minimum absolute atomic E-state index is 0.0250. The fourth-order valence-electron chi connectivity index (χ4n) is 2.93. The molecule has 0 bridgehead atoms. The second-order valence-electron chi connectivity index (χ2n) is 7.80. The van der Waals surface area contributed by atoms with Gasteiger partial charge in [0.25, 0.3) is 0 Å². The number of hydrogen-bond donors (Lipinski definition) is 0. The first-order chi connectivity index (χ1) is 12.8. The van der Waals surface area contributed by atoms with Crippen molar-refractivity contribution < 1.29 is 9.13 Å². The van der Waals surface area contributed by atoms with Gasteiger partial charge >= 0.3 is 0 Å². The molecular weight excluding hydrogens is 354 g/mol. The van der Waals surface area contributed by atoms with Crippen LogP contribution in [0.3, 0.4) is 0 Å². The fourth-order valence-corrected chi connectivity index (χ4v) is 4.21. The Labute approximate surface area is 163 Å². The molecule has 0 heterocycles. The Morgan fingerprint density at radius 2 is 1.56 bits per heavy atom. The summed E-state index contributed by atoms with van der Waals surface area (Å²) in [6, 6.07) is 21.5. The van der Waals surface area contributed by atoms with Crippen molar-refractivity contribution in [3.63, 3.8) is 0 Å². The molecule has 3 aromatic rings. The molecule has 0 aliphatic heterocycles.